The zero-order valence-electron chi connectivity index (χ0n) is 8.28. The molecule has 1 amide bonds. The number of aliphatic hydroxyl groups excluding tert-OH is 1. The van der Waals surface area contributed by atoms with Crippen LogP contribution >= 0.6 is 0 Å². The van der Waals surface area contributed by atoms with Gasteiger partial charge in [0.2, 0.25) is 5.91 Å². The van der Waals surface area contributed by atoms with Crippen molar-refractivity contribution in [1.82, 2.24) is 5.32 Å². The largest absolute Gasteiger partial charge is 0.393 e. The second kappa shape index (κ2) is 3.87. The summed E-state index contributed by atoms with van der Waals surface area (Å²) in [6.45, 7) is 0.391. The van der Waals surface area contributed by atoms with E-state index in [1.165, 1.54) is 0 Å². The van der Waals surface area contributed by atoms with Crippen LogP contribution in [0.15, 0.2) is 0 Å². The van der Waals surface area contributed by atoms with Gasteiger partial charge in [-0.15, -0.1) is 0 Å². The summed E-state index contributed by atoms with van der Waals surface area (Å²) in [7, 11) is 0. The second-order valence-corrected chi connectivity index (χ2v) is 4.45. The number of hydrogen-bond acceptors (Lipinski definition) is 3. The minimum absolute atomic E-state index is 0.0721. The Bertz CT molecular complexity index is 232. The molecule has 2 aliphatic rings. The molecule has 4 N–H and O–H groups in total. The van der Waals surface area contributed by atoms with Crippen LogP contribution < -0.4 is 11.1 Å². The third kappa shape index (κ3) is 1.64. The van der Waals surface area contributed by atoms with Crippen LogP contribution in [-0.4, -0.2) is 29.7 Å². The number of hydrogen-bond donors (Lipinski definition) is 3. The van der Waals surface area contributed by atoms with E-state index in [9.17, 15) is 9.90 Å². The van der Waals surface area contributed by atoms with Gasteiger partial charge < -0.3 is 16.2 Å². The van der Waals surface area contributed by atoms with Crippen LogP contribution in [0.4, 0.5) is 0 Å². The Kier molecular flexibility index (Phi) is 2.74. The van der Waals surface area contributed by atoms with Crippen molar-refractivity contribution in [2.75, 3.05) is 6.54 Å². The summed E-state index contributed by atoms with van der Waals surface area (Å²) in [5.41, 5.74) is 5.52. The van der Waals surface area contributed by atoms with E-state index in [2.05, 4.69) is 5.32 Å². The lowest BCUT2D eigenvalue weighted by Crippen LogP contribution is -2.55. The van der Waals surface area contributed by atoms with E-state index in [-0.39, 0.29) is 29.9 Å². The minimum atomic E-state index is -0.247. The number of nitrogens with two attached hydrogens (primary N) is 1. The topological polar surface area (TPSA) is 75.3 Å². The van der Waals surface area contributed by atoms with Crippen LogP contribution in [-0.2, 0) is 4.79 Å². The molecule has 1 saturated heterocycles. The summed E-state index contributed by atoms with van der Waals surface area (Å²) in [6, 6.07) is 0.189. The highest BCUT2D eigenvalue weighted by molar-refractivity contribution is 5.80. The number of rotatable bonds is 1. The molecule has 1 aliphatic heterocycles. The van der Waals surface area contributed by atoms with Gasteiger partial charge in [0.15, 0.2) is 0 Å². The molecule has 0 aromatic heterocycles. The molecule has 1 saturated carbocycles. The zero-order chi connectivity index (χ0) is 10.1. The lowest BCUT2D eigenvalue weighted by molar-refractivity contribution is -0.131. The highest BCUT2D eigenvalue weighted by Gasteiger charge is 2.40. The summed E-state index contributed by atoms with van der Waals surface area (Å²) >= 11 is 0. The van der Waals surface area contributed by atoms with Crippen molar-refractivity contribution in [2.24, 2.45) is 17.6 Å². The molecule has 1 aliphatic carbocycles. The van der Waals surface area contributed by atoms with Crippen LogP contribution in [0.1, 0.15) is 25.7 Å². The lowest BCUT2D eigenvalue weighted by Gasteiger charge is -2.41. The summed E-state index contributed by atoms with van der Waals surface area (Å²) < 4.78 is 0. The summed E-state index contributed by atoms with van der Waals surface area (Å²) in [5.74, 6) is 0.210. The monoisotopic (exact) mass is 198 g/mol. The second-order valence-electron chi connectivity index (χ2n) is 4.45. The standard InChI is InChI=1S/C10H18N2O2/c11-5-6-4-7-8(12-10(6)14)2-1-3-9(7)13/h6-9,13H,1-5,11H2,(H,12,14)/t6-,7-,8-,9-/m0/s1. The number of fused-ring (bicyclic) bond motifs is 1. The molecule has 4 heteroatoms. The van der Waals surface area contributed by atoms with Gasteiger partial charge >= 0.3 is 0 Å². The highest BCUT2D eigenvalue weighted by atomic mass is 16.3. The van der Waals surface area contributed by atoms with Gasteiger partial charge in [-0.05, 0) is 25.7 Å². The Labute approximate surface area is 83.9 Å². The molecule has 0 radical (unpaired) electrons. The molecule has 2 rings (SSSR count). The molecule has 0 aromatic carbocycles. The number of carbonyl (C=O) groups is 1. The van der Waals surface area contributed by atoms with Crippen molar-refractivity contribution in [1.29, 1.82) is 0 Å². The van der Waals surface area contributed by atoms with E-state index in [0.29, 0.717) is 6.54 Å². The maximum absolute atomic E-state index is 11.5. The number of nitrogens with one attached hydrogen (secondary N) is 1. The van der Waals surface area contributed by atoms with Gasteiger partial charge in [-0.25, -0.2) is 0 Å². The fraction of sp³-hybridized carbons (Fsp3) is 0.900. The molecule has 14 heavy (non-hydrogen) atoms. The quantitative estimate of drug-likeness (QED) is 0.537. The third-order valence-corrected chi connectivity index (χ3v) is 3.57. The first-order chi connectivity index (χ1) is 6.72. The molecule has 4 nitrogen and oxygen atoms in total. The Hall–Kier alpha value is -0.610. The lowest BCUT2D eigenvalue weighted by atomic mass is 9.74. The Balaban J connectivity index is 2.06. The van der Waals surface area contributed by atoms with Gasteiger partial charge in [-0.1, -0.05) is 0 Å². The van der Waals surface area contributed by atoms with Gasteiger partial charge in [0.05, 0.1) is 12.0 Å². The SMILES string of the molecule is NC[C@@H]1C[C@H]2[C@H](CCC[C@@H]2O)NC1=O. The van der Waals surface area contributed by atoms with Crippen molar-refractivity contribution in [2.45, 2.75) is 37.8 Å². The predicted molar refractivity (Wildman–Crippen MR) is 52.4 cm³/mol. The maximum atomic E-state index is 11.5. The average Bonchev–Trinajstić information content (AvgIpc) is 2.17. The summed E-state index contributed by atoms with van der Waals surface area (Å²) in [6.07, 6.45) is 3.40. The fourth-order valence-electron chi connectivity index (χ4n) is 2.68. The van der Waals surface area contributed by atoms with E-state index >= 15 is 0 Å². The maximum Gasteiger partial charge on any atom is 0.224 e. The Morgan fingerprint density at radius 3 is 3.00 bits per heavy atom. The first-order valence-corrected chi connectivity index (χ1v) is 5.41. The number of piperidine rings is 1. The Morgan fingerprint density at radius 2 is 2.29 bits per heavy atom. The fourth-order valence-corrected chi connectivity index (χ4v) is 2.68. The van der Waals surface area contributed by atoms with Gasteiger partial charge in [0.1, 0.15) is 0 Å². The van der Waals surface area contributed by atoms with Crippen LogP contribution in [0, 0.1) is 11.8 Å². The average molecular weight is 198 g/mol. The molecule has 4 atom stereocenters. The number of amides is 1. The summed E-state index contributed by atoms with van der Waals surface area (Å²) in [5, 5.41) is 12.8. The van der Waals surface area contributed by atoms with Crippen molar-refractivity contribution in [3.05, 3.63) is 0 Å². The molecule has 2 fully saturated rings. The van der Waals surface area contributed by atoms with E-state index in [0.717, 1.165) is 25.7 Å². The molecular weight excluding hydrogens is 180 g/mol. The van der Waals surface area contributed by atoms with Gasteiger partial charge in [-0.2, -0.15) is 0 Å². The van der Waals surface area contributed by atoms with E-state index in [1.807, 2.05) is 0 Å². The van der Waals surface area contributed by atoms with Crippen LogP contribution in [0.3, 0.4) is 0 Å². The van der Waals surface area contributed by atoms with Gasteiger partial charge in [-0.3, -0.25) is 4.79 Å². The van der Waals surface area contributed by atoms with Gasteiger partial charge in [0.25, 0.3) is 0 Å². The number of carbonyl (C=O) groups excluding carboxylic acids is 1. The predicted octanol–water partition coefficient (Wildman–Crippen LogP) is -0.389. The van der Waals surface area contributed by atoms with Crippen molar-refractivity contribution in [3.63, 3.8) is 0 Å². The van der Waals surface area contributed by atoms with Crippen molar-refractivity contribution >= 4 is 5.91 Å². The van der Waals surface area contributed by atoms with Gasteiger partial charge in [0, 0.05) is 18.5 Å². The van der Waals surface area contributed by atoms with Crippen LogP contribution in [0.25, 0.3) is 0 Å². The van der Waals surface area contributed by atoms with E-state index < -0.39 is 0 Å². The molecule has 1 heterocycles. The molecule has 0 spiro atoms. The molecule has 80 valence electrons. The van der Waals surface area contributed by atoms with E-state index in [1.54, 1.807) is 0 Å². The smallest absolute Gasteiger partial charge is 0.224 e. The summed E-state index contributed by atoms with van der Waals surface area (Å²) in [4.78, 5) is 11.5. The zero-order valence-corrected chi connectivity index (χ0v) is 8.28. The molecule has 0 unspecified atom stereocenters. The van der Waals surface area contributed by atoms with Crippen LogP contribution in [0.2, 0.25) is 0 Å². The van der Waals surface area contributed by atoms with Crippen molar-refractivity contribution < 1.29 is 9.90 Å². The first-order valence-electron chi connectivity index (χ1n) is 5.41. The molecule has 0 bridgehead atoms. The van der Waals surface area contributed by atoms with Crippen molar-refractivity contribution in [3.8, 4) is 0 Å². The normalized spacial score (nSPS) is 42.9. The Morgan fingerprint density at radius 1 is 1.50 bits per heavy atom. The molecular formula is C10H18N2O2. The first kappa shape index (κ1) is 9.93. The highest BCUT2D eigenvalue weighted by Crippen LogP contribution is 2.33. The number of aliphatic hydroxyl groups is 1. The minimum Gasteiger partial charge on any atom is -0.393 e. The van der Waals surface area contributed by atoms with Crippen LogP contribution in [0.5, 0.6) is 0 Å². The molecule has 0 aromatic rings. The third-order valence-electron chi connectivity index (χ3n) is 3.57. The van der Waals surface area contributed by atoms with E-state index in [4.69, 9.17) is 5.73 Å².